The lowest BCUT2D eigenvalue weighted by Crippen LogP contribution is -2.46. The summed E-state index contributed by atoms with van der Waals surface area (Å²) in [4.78, 5) is 23.6. The van der Waals surface area contributed by atoms with Crippen molar-refractivity contribution in [3.8, 4) is 0 Å². The number of nitrogens with one attached hydrogen (secondary N) is 2. The topological polar surface area (TPSA) is 67.4 Å². The van der Waals surface area contributed by atoms with E-state index in [1.54, 1.807) is 0 Å². The van der Waals surface area contributed by atoms with Crippen LogP contribution in [0, 0.1) is 5.92 Å². The highest BCUT2D eigenvalue weighted by Gasteiger charge is 2.24. The van der Waals surface area contributed by atoms with Crippen molar-refractivity contribution in [2.45, 2.75) is 38.8 Å². The van der Waals surface area contributed by atoms with Crippen molar-refractivity contribution in [3.63, 3.8) is 0 Å². The molecule has 1 aliphatic rings. The van der Waals surface area contributed by atoms with Crippen LogP contribution in [0.3, 0.4) is 0 Å². The van der Waals surface area contributed by atoms with Crippen molar-refractivity contribution in [2.24, 2.45) is 5.92 Å². The average molecular weight is 288 g/mol. The quantitative estimate of drug-likeness (QED) is 0.707. The van der Waals surface area contributed by atoms with Crippen LogP contribution in [-0.2, 0) is 14.3 Å². The van der Waals surface area contributed by atoms with Crippen LogP contribution in [-0.4, -0.2) is 49.1 Å². The first-order chi connectivity index (χ1) is 9.02. The van der Waals surface area contributed by atoms with Gasteiger partial charge in [0.2, 0.25) is 5.91 Å². The molecule has 0 radical (unpaired) electrons. The van der Waals surface area contributed by atoms with Gasteiger partial charge in [0.05, 0.1) is 7.11 Å². The van der Waals surface area contributed by atoms with Gasteiger partial charge in [0.25, 0.3) is 0 Å². The summed E-state index contributed by atoms with van der Waals surface area (Å²) in [5.74, 6) is 1.91. The molecule has 0 aliphatic carbocycles. The van der Waals surface area contributed by atoms with Gasteiger partial charge in [-0.05, 0) is 12.3 Å². The van der Waals surface area contributed by atoms with Crippen LogP contribution >= 0.6 is 11.8 Å². The Balaban J connectivity index is 2.43. The van der Waals surface area contributed by atoms with Gasteiger partial charge in [-0.25, -0.2) is 4.79 Å². The summed E-state index contributed by atoms with van der Waals surface area (Å²) in [6.45, 7) is 4.97. The van der Waals surface area contributed by atoms with Gasteiger partial charge < -0.3 is 15.4 Å². The molecule has 0 aromatic rings. The molecule has 6 heteroatoms. The molecule has 1 saturated heterocycles. The number of amides is 1. The number of methoxy groups -OCH3 is 1. The summed E-state index contributed by atoms with van der Waals surface area (Å²) in [5.41, 5.74) is 0. The summed E-state index contributed by atoms with van der Waals surface area (Å²) in [6.07, 6.45) is 1.02. The third-order valence-corrected chi connectivity index (χ3v) is 4.09. The van der Waals surface area contributed by atoms with Crippen molar-refractivity contribution in [1.82, 2.24) is 10.6 Å². The van der Waals surface area contributed by atoms with Crippen LogP contribution < -0.4 is 10.6 Å². The summed E-state index contributed by atoms with van der Waals surface area (Å²) >= 11 is 1.85. The Bertz CT molecular complexity index is 304. The summed E-state index contributed by atoms with van der Waals surface area (Å²) < 4.78 is 4.73. The number of rotatable bonds is 6. The lowest BCUT2D eigenvalue weighted by atomic mass is 10.0. The number of carbonyl (C=O) groups excluding carboxylic acids is 2. The van der Waals surface area contributed by atoms with Crippen LogP contribution in [0.15, 0.2) is 0 Å². The zero-order chi connectivity index (χ0) is 14.3. The van der Waals surface area contributed by atoms with E-state index in [2.05, 4.69) is 10.6 Å². The Morgan fingerprint density at radius 3 is 2.74 bits per heavy atom. The highest BCUT2D eigenvalue weighted by atomic mass is 32.2. The molecule has 1 heterocycles. The van der Waals surface area contributed by atoms with E-state index in [1.165, 1.54) is 7.11 Å². The molecule has 2 unspecified atom stereocenters. The van der Waals surface area contributed by atoms with Gasteiger partial charge in [-0.15, -0.1) is 0 Å². The SMILES string of the molecule is COC(=O)C(CC(C)C)NC(=O)CC1CSCCN1. The zero-order valence-electron chi connectivity index (χ0n) is 11.9. The van der Waals surface area contributed by atoms with Crippen LogP contribution in [0.25, 0.3) is 0 Å². The van der Waals surface area contributed by atoms with Crippen molar-refractivity contribution in [2.75, 3.05) is 25.2 Å². The van der Waals surface area contributed by atoms with Crippen LogP contribution in [0.5, 0.6) is 0 Å². The van der Waals surface area contributed by atoms with Gasteiger partial charge in [-0.3, -0.25) is 4.79 Å². The van der Waals surface area contributed by atoms with Crippen LogP contribution in [0.4, 0.5) is 0 Å². The second-order valence-electron chi connectivity index (χ2n) is 5.20. The first kappa shape index (κ1) is 16.3. The molecule has 0 aromatic heterocycles. The third kappa shape index (κ3) is 6.29. The van der Waals surface area contributed by atoms with Crippen molar-refractivity contribution in [3.05, 3.63) is 0 Å². The third-order valence-electron chi connectivity index (χ3n) is 2.96. The largest absolute Gasteiger partial charge is 0.467 e. The van der Waals surface area contributed by atoms with E-state index >= 15 is 0 Å². The average Bonchev–Trinajstić information content (AvgIpc) is 2.37. The van der Waals surface area contributed by atoms with E-state index in [0.717, 1.165) is 18.1 Å². The Morgan fingerprint density at radius 2 is 2.21 bits per heavy atom. The zero-order valence-corrected chi connectivity index (χ0v) is 12.7. The lowest BCUT2D eigenvalue weighted by Gasteiger charge is -2.24. The minimum atomic E-state index is -0.534. The Hall–Kier alpha value is -0.750. The number of carbonyl (C=O) groups is 2. The Labute approximate surface area is 119 Å². The molecular weight excluding hydrogens is 264 g/mol. The molecule has 19 heavy (non-hydrogen) atoms. The number of hydrogen-bond acceptors (Lipinski definition) is 5. The Kier molecular flexibility index (Phi) is 7.23. The van der Waals surface area contributed by atoms with Crippen molar-refractivity contribution in [1.29, 1.82) is 0 Å². The first-order valence-corrected chi connectivity index (χ1v) is 7.86. The molecule has 5 nitrogen and oxygen atoms in total. The van der Waals surface area contributed by atoms with E-state index in [1.807, 2.05) is 25.6 Å². The second-order valence-corrected chi connectivity index (χ2v) is 6.35. The van der Waals surface area contributed by atoms with E-state index in [0.29, 0.717) is 18.8 Å². The van der Waals surface area contributed by atoms with Gasteiger partial charge in [-0.2, -0.15) is 11.8 Å². The van der Waals surface area contributed by atoms with Gasteiger partial charge in [0.1, 0.15) is 6.04 Å². The van der Waals surface area contributed by atoms with E-state index in [-0.39, 0.29) is 17.9 Å². The highest BCUT2D eigenvalue weighted by molar-refractivity contribution is 7.99. The summed E-state index contributed by atoms with van der Waals surface area (Å²) in [7, 11) is 1.35. The fraction of sp³-hybridized carbons (Fsp3) is 0.846. The maximum Gasteiger partial charge on any atom is 0.328 e. The van der Waals surface area contributed by atoms with E-state index < -0.39 is 6.04 Å². The maximum atomic E-state index is 12.0. The van der Waals surface area contributed by atoms with Gasteiger partial charge in [0.15, 0.2) is 0 Å². The number of esters is 1. The van der Waals surface area contributed by atoms with Gasteiger partial charge >= 0.3 is 5.97 Å². The van der Waals surface area contributed by atoms with Crippen molar-refractivity contribution >= 4 is 23.6 Å². The smallest absolute Gasteiger partial charge is 0.328 e. The molecule has 1 rings (SSSR count). The first-order valence-electron chi connectivity index (χ1n) is 6.71. The molecule has 2 N–H and O–H groups in total. The normalized spacial score (nSPS) is 20.9. The molecule has 1 aliphatic heterocycles. The fourth-order valence-corrected chi connectivity index (χ4v) is 3.00. The van der Waals surface area contributed by atoms with Gasteiger partial charge in [0, 0.05) is 30.5 Å². The maximum absolute atomic E-state index is 12.0. The molecule has 1 amide bonds. The van der Waals surface area contributed by atoms with E-state index in [9.17, 15) is 9.59 Å². The monoisotopic (exact) mass is 288 g/mol. The summed E-state index contributed by atoms with van der Waals surface area (Å²) in [5, 5.41) is 6.09. The second kappa shape index (κ2) is 8.43. The van der Waals surface area contributed by atoms with E-state index in [4.69, 9.17) is 4.74 Å². The molecule has 0 saturated carbocycles. The minimum Gasteiger partial charge on any atom is -0.467 e. The standard InChI is InChI=1S/C13H24N2O3S/c1-9(2)6-11(13(17)18-3)15-12(16)7-10-8-19-5-4-14-10/h9-11,14H,4-8H2,1-3H3,(H,15,16). The molecule has 0 spiro atoms. The molecule has 110 valence electrons. The number of hydrogen-bond donors (Lipinski definition) is 2. The molecule has 0 aromatic carbocycles. The molecule has 2 atom stereocenters. The lowest BCUT2D eigenvalue weighted by molar-refractivity contribution is -0.145. The predicted molar refractivity (Wildman–Crippen MR) is 77.1 cm³/mol. The highest BCUT2D eigenvalue weighted by Crippen LogP contribution is 2.11. The predicted octanol–water partition coefficient (Wildman–Crippen LogP) is 0.785. The Morgan fingerprint density at radius 1 is 1.47 bits per heavy atom. The van der Waals surface area contributed by atoms with Crippen LogP contribution in [0.2, 0.25) is 0 Å². The van der Waals surface area contributed by atoms with Crippen molar-refractivity contribution < 1.29 is 14.3 Å². The molecule has 1 fully saturated rings. The van der Waals surface area contributed by atoms with Gasteiger partial charge in [-0.1, -0.05) is 13.8 Å². The number of ether oxygens (including phenoxy) is 1. The molecule has 0 bridgehead atoms. The minimum absolute atomic E-state index is 0.0870. The van der Waals surface area contributed by atoms with Crippen LogP contribution in [0.1, 0.15) is 26.7 Å². The number of thioether (sulfide) groups is 1. The summed E-state index contributed by atoms with van der Waals surface area (Å²) in [6, 6.07) is -0.329. The fourth-order valence-electron chi connectivity index (χ4n) is 2.06. The molecular formula is C13H24N2O3S.